The van der Waals surface area contributed by atoms with Crippen LogP contribution in [0.4, 0.5) is 4.39 Å². The molecule has 2 N–H and O–H groups in total. The number of nitrogens with one attached hydrogen (secondary N) is 2. The highest BCUT2D eigenvalue weighted by atomic mass is 35.5. The zero-order chi connectivity index (χ0) is 14.4. The van der Waals surface area contributed by atoms with Gasteiger partial charge in [-0.05, 0) is 19.1 Å². The minimum atomic E-state index is -0.345. The fraction of sp³-hybridized carbons (Fsp3) is 0.500. The minimum Gasteiger partial charge on any atom is -0.489 e. The van der Waals surface area contributed by atoms with Crippen molar-refractivity contribution in [1.82, 2.24) is 10.6 Å². The van der Waals surface area contributed by atoms with E-state index in [0.717, 1.165) is 0 Å². The molecule has 0 spiro atoms. The summed E-state index contributed by atoms with van der Waals surface area (Å²) >= 11 is 0. The van der Waals surface area contributed by atoms with Gasteiger partial charge >= 0.3 is 0 Å². The molecule has 118 valence electrons. The maximum absolute atomic E-state index is 13.0. The summed E-state index contributed by atoms with van der Waals surface area (Å²) in [6.07, 6.45) is -0.245. The average molecular weight is 319 g/mol. The Balaban J connectivity index is 0.00000220. The SMILES string of the molecule is CC(CNC(=O)C1COCCN1)Oc1cccc(F)c1.Cl. The Morgan fingerprint density at radius 2 is 2.43 bits per heavy atom. The van der Waals surface area contributed by atoms with Gasteiger partial charge in [-0.1, -0.05) is 6.07 Å². The van der Waals surface area contributed by atoms with E-state index >= 15 is 0 Å². The van der Waals surface area contributed by atoms with Gasteiger partial charge < -0.3 is 20.1 Å². The first-order valence-corrected chi connectivity index (χ1v) is 6.66. The van der Waals surface area contributed by atoms with E-state index in [4.69, 9.17) is 9.47 Å². The maximum atomic E-state index is 13.0. The van der Waals surface area contributed by atoms with Gasteiger partial charge in [-0.2, -0.15) is 0 Å². The number of rotatable bonds is 5. The molecule has 2 atom stereocenters. The van der Waals surface area contributed by atoms with E-state index in [1.54, 1.807) is 12.1 Å². The van der Waals surface area contributed by atoms with Gasteiger partial charge in [0, 0.05) is 12.6 Å². The van der Waals surface area contributed by atoms with Gasteiger partial charge in [-0.15, -0.1) is 12.4 Å². The molecule has 1 aromatic carbocycles. The van der Waals surface area contributed by atoms with E-state index in [1.807, 2.05) is 6.92 Å². The first kappa shape index (κ1) is 17.7. The molecule has 21 heavy (non-hydrogen) atoms. The van der Waals surface area contributed by atoms with Crippen LogP contribution in [0, 0.1) is 5.82 Å². The number of carbonyl (C=O) groups is 1. The number of ether oxygens (including phenoxy) is 2. The highest BCUT2D eigenvalue weighted by molar-refractivity contribution is 5.85. The van der Waals surface area contributed by atoms with Gasteiger partial charge in [-0.3, -0.25) is 4.79 Å². The molecule has 1 fully saturated rings. The monoisotopic (exact) mass is 318 g/mol. The highest BCUT2D eigenvalue weighted by Crippen LogP contribution is 2.13. The molecule has 1 saturated heterocycles. The van der Waals surface area contributed by atoms with Crippen LogP contribution in [-0.2, 0) is 9.53 Å². The molecule has 1 heterocycles. The normalized spacial score (nSPS) is 19.2. The van der Waals surface area contributed by atoms with Crippen molar-refractivity contribution >= 4 is 18.3 Å². The van der Waals surface area contributed by atoms with Crippen LogP contribution < -0.4 is 15.4 Å². The van der Waals surface area contributed by atoms with E-state index < -0.39 is 0 Å². The second kappa shape index (κ2) is 8.81. The number of hydrogen-bond donors (Lipinski definition) is 2. The van der Waals surface area contributed by atoms with Gasteiger partial charge in [0.15, 0.2) is 0 Å². The molecule has 0 aliphatic carbocycles. The summed E-state index contributed by atoms with van der Waals surface area (Å²) in [7, 11) is 0. The Morgan fingerprint density at radius 1 is 1.62 bits per heavy atom. The predicted molar refractivity (Wildman–Crippen MR) is 79.4 cm³/mol. The van der Waals surface area contributed by atoms with Crippen LogP contribution in [0.1, 0.15) is 6.92 Å². The largest absolute Gasteiger partial charge is 0.489 e. The lowest BCUT2D eigenvalue weighted by atomic mass is 10.2. The second-order valence-electron chi connectivity index (χ2n) is 4.71. The smallest absolute Gasteiger partial charge is 0.239 e. The molecule has 2 rings (SSSR count). The summed E-state index contributed by atoms with van der Waals surface area (Å²) in [5.74, 6) is -0.00689. The first-order valence-electron chi connectivity index (χ1n) is 6.66. The lowest BCUT2D eigenvalue weighted by Gasteiger charge is -2.24. The summed E-state index contributed by atoms with van der Waals surface area (Å²) in [4.78, 5) is 11.8. The molecule has 5 nitrogen and oxygen atoms in total. The molecule has 0 aromatic heterocycles. The van der Waals surface area contributed by atoms with Gasteiger partial charge in [-0.25, -0.2) is 4.39 Å². The second-order valence-corrected chi connectivity index (χ2v) is 4.71. The third-order valence-corrected chi connectivity index (χ3v) is 2.94. The van der Waals surface area contributed by atoms with Gasteiger partial charge in [0.2, 0.25) is 5.91 Å². The standard InChI is InChI=1S/C14H19FN2O3.ClH/c1-10(20-12-4-2-3-11(15)7-12)8-17-14(18)13-9-19-6-5-16-13;/h2-4,7,10,13,16H,5-6,8-9H2,1H3,(H,17,18);1H. The number of benzene rings is 1. The molecule has 1 aliphatic heterocycles. The molecule has 1 amide bonds. The summed E-state index contributed by atoms with van der Waals surface area (Å²) in [6, 6.07) is 5.62. The van der Waals surface area contributed by atoms with Crippen LogP contribution in [0.3, 0.4) is 0 Å². The number of amides is 1. The lowest BCUT2D eigenvalue weighted by molar-refractivity contribution is -0.126. The topological polar surface area (TPSA) is 59.6 Å². The molecule has 1 aromatic rings. The van der Waals surface area contributed by atoms with Gasteiger partial charge in [0.1, 0.15) is 23.7 Å². The summed E-state index contributed by atoms with van der Waals surface area (Å²) in [6.45, 7) is 3.85. The van der Waals surface area contributed by atoms with Crippen molar-refractivity contribution in [1.29, 1.82) is 0 Å². The highest BCUT2D eigenvalue weighted by Gasteiger charge is 2.21. The Labute approximate surface area is 129 Å². The number of morpholine rings is 1. The van der Waals surface area contributed by atoms with Crippen LogP contribution in [0.15, 0.2) is 24.3 Å². The Bertz CT molecular complexity index is 456. The van der Waals surface area contributed by atoms with E-state index in [-0.39, 0.29) is 36.3 Å². The van der Waals surface area contributed by atoms with Gasteiger partial charge in [0.25, 0.3) is 0 Å². The molecule has 2 unspecified atom stereocenters. The van der Waals surface area contributed by atoms with Crippen molar-refractivity contribution in [2.45, 2.75) is 19.1 Å². The Hall–Kier alpha value is -1.37. The first-order chi connectivity index (χ1) is 9.65. The summed E-state index contributed by atoms with van der Waals surface area (Å²) in [5.41, 5.74) is 0. The fourth-order valence-electron chi connectivity index (χ4n) is 1.92. The number of halogens is 2. The Morgan fingerprint density at radius 3 is 3.10 bits per heavy atom. The molecule has 0 saturated carbocycles. The van der Waals surface area contributed by atoms with Crippen molar-refractivity contribution in [2.24, 2.45) is 0 Å². The maximum Gasteiger partial charge on any atom is 0.239 e. The quantitative estimate of drug-likeness (QED) is 0.854. The van der Waals surface area contributed by atoms with Crippen molar-refractivity contribution < 1.29 is 18.7 Å². The molecule has 1 aliphatic rings. The fourth-order valence-corrected chi connectivity index (χ4v) is 1.92. The summed E-state index contributed by atoms with van der Waals surface area (Å²) in [5, 5.41) is 5.86. The number of carbonyl (C=O) groups excluding carboxylic acids is 1. The van der Waals surface area contributed by atoms with E-state index in [2.05, 4.69) is 10.6 Å². The minimum absolute atomic E-state index is 0. The van der Waals surface area contributed by atoms with Crippen molar-refractivity contribution in [3.8, 4) is 5.75 Å². The van der Waals surface area contributed by atoms with Gasteiger partial charge in [0.05, 0.1) is 19.8 Å². The van der Waals surface area contributed by atoms with Crippen molar-refractivity contribution in [3.05, 3.63) is 30.1 Å². The average Bonchev–Trinajstić information content (AvgIpc) is 2.46. The zero-order valence-corrected chi connectivity index (χ0v) is 12.6. The Kier molecular flexibility index (Phi) is 7.42. The van der Waals surface area contributed by atoms with Crippen molar-refractivity contribution in [2.75, 3.05) is 26.3 Å². The lowest BCUT2D eigenvalue weighted by Crippen LogP contribution is -2.52. The third-order valence-electron chi connectivity index (χ3n) is 2.94. The third kappa shape index (κ3) is 5.87. The summed E-state index contributed by atoms with van der Waals surface area (Å²) < 4.78 is 23.8. The van der Waals surface area contributed by atoms with Crippen LogP contribution >= 0.6 is 12.4 Å². The van der Waals surface area contributed by atoms with Crippen LogP contribution in [0.2, 0.25) is 0 Å². The van der Waals surface area contributed by atoms with Crippen molar-refractivity contribution in [3.63, 3.8) is 0 Å². The van der Waals surface area contributed by atoms with Crippen LogP contribution in [-0.4, -0.2) is 44.4 Å². The van der Waals surface area contributed by atoms with E-state index in [9.17, 15) is 9.18 Å². The predicted octanol–water partition coefficient (Wildman–Crippen LogP) is 1.12. The number of hydrogen-bond acceptors (Lipinski definition) is 4. The molecule has 7 heteroatoms. The van der Waals surface area contributed by atoms with E-state index in [1.165, 1.54) is 12.1 Å². The van der Waals surface area contributed by atoms with Crippen LogP contribution in [0.5, 0.6) is 5.75 Å². The molecule has 0 radical (unpaired) electrons. The molecule has 0 bridgehead atoms. The zero-order valence-electron chi connectivity index (χ0n) is 11.8. The van der Waals surface area contributed by atoms with Crippen LogP contribution in [0.25, 0.3) is 0 Å². The van der Waals surface area contributed by atoms with E-state index in [0.29, 0.717) is 32.1 Å². The molecular weight excluding hydrogens is 299 g/mol. The molecular formula is C14H20ClFN2O3.